The SMILES string of the molecule is Cc1ccccc1C(=O)Oc1c(Br)cc(/C=C2\N=C(c3ccc(Cl)c(Cl)c3)OC2=O)cc1Br. The predicted octanol–water partition coefficient (Wildman–Crippen LogP) is 7.39. The van der Waals surface area contributed by atoms with Gasteiger partial charge in [0.1, 0.15) is 0 Å². The molecule has 33 heavy (non-hydrogen) atoms. The predicted molar refractivity (Wildman–Crippen MR) is 135 cm³/mol. The zero-order valence-corrected chi connectivity index (χ0v) is 21.5. The third kappa shape index (κ3) is 5.22. The number of hydrogen-bond acceptors (Lipinski definition) is 5. The molecular formula is C24H13Br2Cl2NO4. The Kier molecular flexibility index (Phi) is 7.05. The molecule has 9 heteroatoms. The van der Waals surface area contributed by atoms with Crippen LogP contribution in [0.4, 0.5) is 0 Å². The van der Waals surface area contributed by atoms with Gasteiger partial charge in [-0.15, -0.1) is 0 Å². The maximum atomic E-state index is 12.6. The van der Waals surface area contributed by atoms with Crippen molar-refractivity contribution < 1.29 is 19.1 Å². The topological polar surface area (TPSA) is 65.0 Å². The molecule has 1 aliphatic rings. The Balaban J connectivity index is 1.60. The molecule has 3 aromatic rings. The molecule has 4 rings (SSSR count). The number of esters is 2. The normalized spacial score (nSPS) is 14.3. The summed E-state index contributed by atoms with van der Waals surface area (Å²) in [6.07, 6.45) is 1.56. The molecule has 0 radical (unpaired) electrons. The van der Waals surface area contributed by atoms with Crippen LogP contribution in [0.5, 0.6) is 5.75 Å². The molecule has 166 valence electrons. The van der Waals surface area contributed by atoms with Crippen LogP contribution in [0, 0.1) is 6.92 Å². The highest BCUT2D eigenvalue weighted by molar-refractivity contribution is 9.11. The molecule has 0 bridgehead atoms. The fourth-order valence-corrected chi connectivity index (χ4v) is 4.71. The molecular weight excluding hydrogens is 597 g/mol. The zero-order chi connectivity index (χ0) is 23.7. The Labute approximate surface area is 216 Å². The first-order chi connectivity index (χ1) is 15.7. The molecule has 0 N–H and O–H groups in total. The minimum absolute atomic E-state index is 0.111. The zero-order valence-electron chi connectivity index (χ0n) is 16.9. The number of aryl methyl sites for hydroxylation is 1. The van der Waals surface area contributed by atoms with Gasteiger partial charge in [-0.2, -0.15) is 0 Å². The van der Waals surface area contributed by atoms with E-state index >= 15 is 0 Å². The summed E-state index contributed by atoms with van der Waals surface area (Å²) in [5, 5.41) is 0.716. The van der Waals surface area contributed by atoms with Gasteiger partial charge in [-0.1, -0.05) is 41.4 Å². The Morgan fingerprint density at radius 1 is 1.03 bits per heavy atom. The smallest absolute Gasteiger partial charge is 0.363 e. The minimum atomic E-state index is -0.599. The van der Waals surface area contributed by atoms with Crippen molar-refractivity contribution in [3.05, 3.63) is 102 Å². The van der Waals surface area contributed by atoms with Crippen molar-refractivity contribution in [3.63, 3.8) is 0 Å². The summed E-state index contributed by atoms with van der Waals surface area (Å²) < 4.78 is 11.9. The van der Waals surface area contributed by atoms with Crippen LogP contribution in [0.3, 0.4) is 0 Å². The van der Waals surface area contributed by atoms with Gasteiger partial charge < -0.3 is 9.47 Å². The number of rotatable bonds is 4. The van der Waals surface area contributed by atoms with Gasteiger partial charge in [0, 0.05) is 5.56 Å². The number of aliphatic imine (C=N–C) groups is 1. The number of carbonyl (C=O) groups excluding carboxylic acids is 2. The molecule has 0 atom stereocenters. The maximum Gasteiger partial charge on any atom is 0.363 e. The van der Waals surface area contributed by atoms with Gasteiger partial charge in [0.25, 0.3) is 0 Å². The maximum absolute atomic E-state index is 12.6. The number of halogens is 4. The summed E-state index contributed by atoms with van der Waals surface area (Å²) in [7, 11) is 0. The Morgan fingerprint density at radius 3 is 2.39 bits per heavy atom. The van der Waals surface area contributed by atoms with Crippen LogP contribution >= 0.6 is 55.1 Å². The van der Waals surface area contributed by atoms with E-state index in [1.165, 1.54) is 0 Å². The highest BCUT2D eigenvalue weighted by Crippen LogP contribution is 2.36. The van der Waals surface area contributed by atoms with E-state index in [0.717, 1.165) is 5.56 Å². The van der Waals surface area contributed by atoms with Gasteiger partial charge in [-0.05, 0) is 92.4 Å². The second-order valence-corrected chi connectivity index (χ2v) is 9.51. The Bertz CT molecular complexity index is 1350. The summed E-state index contributed by atoms with van der Waals surface area (Å²) in [6.45, 7) is 1.84. The molecule has 3 aromatic carbocycles. The van der Waals surface area contributed by atoms with Gasteiger partial charge >= 0.3 is 11.9 Å². The molecule has 0 aromatic heterocycles. The lowest BCUT2D eigenvalue weighted by atomic mass is 10.1. The Morgan fingerprint density at radius 2 is 1.73 bits per heavy atom. The van der Waals surface area contributed by atoms with E-state index in [-0.39, 0.29) is 11.6 Å². The lowest BCUT2D eigenvalue weighted by Crippen LogP contribution is -2.11. The average molecular weight is 610 g/mol. The molecule has 1 heterocycles. The molecule has 1 aliphatic heterocycles. The van der Waals surface area contributed by atoms with Crippen molar-refractivity contribution >= 4 is 79.0 Å². The second-order valence-electron chi connectivity index (χ2n) is 6.98. The van der Waals surface area contributed by atoms with Gasteiger partial charge in [-0.3, -0.25) is 0 Å². The second kappa shape index (κ2) is 9.81. The molecule has 0 fully saturated rings. The molecule has 0 saturated heterocycles. The van der Waals surface area contributed by atoms with E-state index in [0.29, 0.717) is 41.4 Å². The summed E-state index contributed by atoms with van der Waals surface area (Å²) in [6, 6.07) is 15.4. The molecule has 0 unspecified atom stereocenters. The van der Waals surface area contributed by atoms with E-state index in [2.05, 4.69) is 36.9 Å². The van der Waals surface area contributed by atoms with Crippen LogP contribution in [0.1, 0.15) is 27.0 Å². The largest absolute Gasteiger partial charge is 0.420 e. The van der Waals surface area contributed by atoms with E-state index in [9.17, 15) is 9.59 Å². The van der Waals surface area contributed by atoms with E-state index in [4.69, 9.17) is 32.7 Å². The molecule has 5 nitrogen and oxygen atoms in total. The summed E-state index contributed by atoms with van der Waals surface area (Å²) in [5.74, 6) is -0.625. The van der Waals surface area contributed by atoms with Crippen LogP contribution in [-0.2, 0) is 9.53 Å². The number of benzene rings is 3. The third-order valence-electron chi connectivity index (χ3n) is 4.67. The van der Waals surface area contributed by atoms with Crippen molar-refractivity contribution in [1.82, 2.24) is 0 Å². The average Bonchev–Trinajstić information content (AvgIpc) is 3.13. The standard InChI is InChI=1S/C24H13Br2Cl2NO4/c1-12-4-2-3-5-15(12)23(30)32-21-16(25)8-13(9-17(21)26)10-20-24(31)33-22(29-20)14-6-7-18(27)19(28)11-14/h2-11H,1H3/b20-10-. The molecule has 0 spiro atoms. The number of carbonyl (C=O) groups is 2. The van der Waals surface area contributed by atoms with Crippen molar-refractivity contribution in [1.29, 1.82) is 0 Å². The van der Waals surface area contributed by atoms with Crippen LogP contribution in [-0.4, -0.2) is 17.8 Å². The number of ether oxygens (including phenoxy) is 2. The number of hydrogen-bond donors (Lipinski definition) is 0. The third-order valence-corrected chi connectivity index (χ3v) is 6.59. The van der Waals surface area contributed by atoms with Gasteiger partial charge in [-0.25, -0.2) is 14.6 Å². The molecule has 0 saturated carbocycles. The van der Waals surface area contributed by atoms with Crippen LogP contribution < -0.4 is 4.74 Å². The number of cyclic esters (lactones) is 1. The molecule has 0 amide bonds. The fraction of sp³-hybridized carbons (Fsp3) is 0.0417. The highest BCUT2D eigenvalue weighted by atomic mass is 79.9. The first-order valence-corrected chi connectivity index (χ1v) is 11.8. The monoisotopic (exact) mass is 607 g/mol. The van der Waals surface area contributed by atoms with Crippen molar-refractivity contribution in [2.24, 2.45) is 4.99 Å². The first kappa shape index (κ1) is 23.7. The van der Waals surface area contributed by atoms with E-state index < -0.39 is 11.9 Å². The molecule has 0 aliphatic carbocycles. The Hall–Kier alpha value is -2.45. The lowest BCUT2D eigenvalue weighted by molar-refractivity contribution is -0.129. The van der Waals surface area contributed by atoms with Gasteiger partial charge in [0.05, 0.1) is 24.6 Å². The van der Waals surface area contributed by atoms with Gasteiger partial charge in [0.2, 0.25) is 5.90 Å². The van der Waals surface area contributed by atoms with Crippen molar-refractivity contribution in [3.8, 4) is 5.75 Å². The summed E-state index contributed by atoms with van der Waals surface area (Å²) in [4.78, 5) is 29.2. The van der Waals surface area contributed by atoms with Crippen LogP contribution in [0.2, 0.25) is 10.0 Å². The summed E-state index contributed by atoms with van der Waals surface area (Å²) >= 11 is 18.8. The van der Waals surface area contributed by atoms with E-state index in [1.807, 2.05) is 19.1 Å². The fourth-order valence-electron chi connectivity index (χ4n) is 3.03. The van der Waals surface area contributed by atoms with Crippen molar-refractivity contribution in [2.75, 3.05) is 0 Å². The van der Waals surface area contributed by atoms with Crippen LogP contribution in [0.15, 0.2) is 74.2 Å². The quantitative estimate of drug-likeness (QED) is 0.176. The number of nitrogens with zero attached hydrogens (tertiary/aromatic N) is 1. The lowest BCUT2D eigenvalue weighted by Gasteiger charge is -2.11. The van der Waals surface area contributed by atoms with Crippen LogP contribution in [0.25, 0.3) is 6.08 Å². The van der Waals surface area contributed by atoms with E-state index in [1.54, 1.807) is 48.5 Å². The van der Waals surface area contributed by atoms with Crippen molar-refractivity contribution in [2.45, 2.75) is 6.92 Å². The first-order valence-electron chi connectivity index (χ1n) is 9.48. The minimum Gasteiger partial charge on any atom is -0.420 e. The van der Waals surface area contributed by atoms with Gasteiger partial charge in [0.15, 0.2) is 11.4 Å². The summed E-state index contributed by atoms with van der Waals surface area (Å²) in [5.41, 5.74) is 2.56. The highest BCUT2D eigenvalue weighted by Gasteiger charge is 2.25.